The Labute approximate surface area is 88.9 Å². The van der Waals surface area contributed by atoms with E-state index in [4.69, 9.17) is 11.0 Å². The van der Waals surface area contributed by atoms with Crippen LogP contribution < -0.4 is 5.73 Å². The first-order chi connectivity index (χ1) is 7.20. The van der Waals surface area contributed by atoms with Gasteiger partial charge in [-0.05, 0) is 12.1 Å². The first kappa shape index (κ1) is 11.1. The normalized spacial score (nSPS) is 9.20. The highest BCUT2D eigenvalue weighted by Gasteiger charge is 2.03. The lowest BCUT2D eigenvalue weighted by Crippen LogP contribution is -1.89. The highest BCUT2D eigenvalue weighted by atomic mass is 15.2. The summed E-state index contributed by atoms with van der Waals surface area (Å²) < 4.78 is 1.70. The highest BCUT2D eigenvalue weighted by Crippen LogP contribution is 2.19. The predicted octanol–water partition coefficient (Wildman–Crippen LogP) is 2.05. The van der Waals surface area contributed by atoms with Crippen molar-refractivity contribution in [3.63, 3.8) is 0 Å². The number of aryl methyl sites for hydroxylation is 1. The van der Waals surface area contributed by atoms with Crippen LogP contribution in [0, 0.1) is 11.3 Å². The maximum atomic E-state index is 8.72. The van der Waals surface area contributed by atoms with Gasteiger partial charge in [0, 0.05) is 18.6 Å². The van der Waals surface area contributed by atoms with E-state index >= 15 is 0 Å². The molecule has 4 heteroatoms. The number of nitrogen functional groups attached to an aromatic ring is 1. The molecule has 2 aromatic rings. The Morgan fingerprint density at radius 3 is 2.67 bits per heavy atom. The van der Waals surface area contributed by atoms with E-state index in [-0.39, 0.29) is 0 Å². The Morgan fingerprint density at radius 1 is 1.40 bits per heavy atom. The second kappa shape index (κ2) is 4.47. The number of nitriles is 1. The van der Waals surface area contributed by atoms with Crippen molar-refractivity contribution in [2.24, 2.45) is 7.05 Å². The zero-order chi connectivity index (χ0) is 11.4. The molecule has 0 bridgehead atoms. The number of hydrogen-bond acceptors (Lipinski definition) is 3. The first-order valence-corrected chi connectivity index (χ1v) is 4.83. The predicted molar refractivity (Wildman–Crippen MR) is 61.2 cm³/mol. The molecular weight excluding hydrogens is 188 g/mol. The smallest absolute Gasteiger partial charge is 0.101 e. The average molecular weight is 202 g/mol. The topological polar surface area (TPSA) is 67.6 Å². The van der Waals surface area contributed by atoms with Crippen LogP contribution in [0.4, 0.5) is 5.69 Å². The molecule has 0 radical (unpaired) electrons. The molecule has 2 rings (SSSR count). The number of nitrogens with zero attached hydrogens (tertiary/aromatic N) is 3. The van der Waals surface area contributed by atoms with Crippen LogP contribution in [0.15, 0.2) is 18.3 Å². The van der Waals surface area contributed by atoms with E-state index in [9.17, 15) is 0 Å². The first-order valence-electron chi connectivity index (χ1n) is 4.83. The molecule has 0 saturated carbocycles. The third-order valence-electron chi connectivity index (χ3n) is 1.91. The summed E-state index contributed by atoms with van der Waals surface area (Å²) in [6.07, 6.45) is 1.87. The summed E-state index contributed by atoms with van der Waals surface area (Å²) in [7, 11) is 1.84. The number of hydrogen-bond donors (Lipinski definition) is 1. The van der Waals surface area contributed by atoms with E-state index < -0.39 is 0 Å². The Kier molecular flexibility index (Phi) is 3.29. The minimum atomic E-state index is 0.478. The fraction of sp³-hybridized carbons (Fsp3) is 0.273. The van der Waals surface area contributed by atoms with Crippen molar-refractivity contribution < 1.29 is 0 Å². The number of rotatable bonds is 0. The van der Waals surface area contributed by atoms with E-state index in [2.05, 4.69) is 5.10 Å². The van der Waals surface area contributed by atoms with Crippen molar-refractivity contribution in [1.29, 1.82) is 5.26 Å². The largest absolute Gasteiger partial charge is 0.398 e. The minimum absolute atomic E-state index is 0.478. The molecule has 4 nitrogen and oxygen atoms in total. The molecule has 0 aliphatic rings. The van der Waals surface area contributed by atoms with Gasteiger partial charge in [-0.25, -0.2) is 0 Å². The molecule has 15 heavy (non-hydrogen) atoms. The van der Waals surface area contributed by atoms with Crippen LogP contribution in [0.2, 0.25) is 0 Å². The maximum absolute atomic E-state index is 8.72. The molecule has 0 atom stereocenters. The summed E-state index contributed by atoms with van der Waals surface area (Å²) in [5.74, 6) is 0. The van der Waals surface area contributed by atoms with Crippen molar-refractivity contribution in [1.82, 2.24) is 9.78 Å². The molecule has 0 amide bonds. The number of nitrogens with two attached hydrogens (primary N) is 1. The van der Waals surface area contributed by atoms with Crippen LogP contribution in [0.5, 0.6) is 0 Å². The Bertz CT molecular complexity index is 505. The summed E-state index contributed by atoms with van der Waals surface area (Å²) in [5.41, 5.74) is 7.43. The molecule has 1 heterocycles. The van der Waals surface area contributed by atoms with Gasteiger partial charge in [0.2, 0.25) is 0 Å². The van der Waals surface area contributed by atoms with Crippen LogP contribution in [0.3, 0.4) is 0 Å². The Morgan fingerprint density at radius 2 is 2.07 bits per heavy atom. The molecule has 1 aromatic carbocycles. The van der Waals surface area contributed by atoms with Gasteiger partial charge in [0.25, 0.3) is 0 Å². The molecular formula is C11H14N4. The lowest BCUT2D eigenvalue weighted by atomic mass is 10.1. The molecule has 0 aliphatic heterocycles. The Hall–Kier alpha value is -2.02. The van der Waals surface area contributed by atoms with Crippen LogP contribution in [-0.2, 0) is 7.05 Å². The average Bonchev–Trinajstić information content (AvgIpc) is 2.59. The van der Waals surface area contributed by atoms with Crippen molar-refractivity contribution in [2.75, 3.05) is 5.73 Å². The third-order valence-corrected chi connectivity index (χ3v) is 1.91. The number of benzene rings is 1. The zero-order valence-electron chi connectivity index (χ0n) is 9.15. The van der Waals surface area contributed by atoms with Crippen LogP contribution >= 0.6 is 0 Å². The lowest BCUT2D eigenvalue weighted by molar-refractivity contribution is 0.779. The van der Waals surface area contributed by atoms with Crippen LogP contribution in [0.1, 0.15) is 19.4 Å². The van der Waals surface area contributed by atoms with Crippen molar-refractivity contribution in [2.45, 2.75) is 13.8 Å². The molecule has 0 saturated heterocycles. The molecule has 0 aliphatic carbocycles. The van der Waals surface area contributed by atoms with E-state index in [0.717, 1.165) is 10.9 Å². The van der Waals surface area contributed by atoms with Crippen LogP contribution in [-0.4, -0.2) is 9.78 Å². The highest BCUT2D eigenvalue weighted by molar-refractivity contribution is 5.84. The van der Waals surface area contributed by atoms with Gasteiger partial charge in [-0.1, -0.05) is 13.8 Å². The summed E-state index contributed by atoms with van der Waals surface area (Å²) in [6, 6.07) is 5.49. The van der Waals surface area contributed by atoms with Gasteiger partial charge in [0.1, 0.15) is 6.07 Å². The van der Waals surface area contributed by atoms with E-state index in [1.54, 1.807) is 16.8 Å². The van der Waals surface area contributed by atoms with Crippen LogP contribution in [0.25, 0.3) is 10.9 Å². The summed E-state index contributed by atoms with van der Waals surface area (Å²) >= 11 is 0. The van der Waals surface area contributed by atoms with E-state index in [1.165, 1.54) is 0 Å². The fourth-order valence-corrected chi connectivity index (χ4v) is 1.31. The third kappa shape index (κ3) is 2.08. The van der Waals surface area contributed by atoms with E-state index in [0.29, 0.717) is 11.3 Å². The number of fused-ring (bicyclic) bond motifs is 1. The number of aromatic nitrogens is 2. The lowest BCUT2D eigenvalue weighted by Gasteiger charge is -1.94. The zero-order valence-corrected chi connectivity index (χ0v) is 9.15. The quantitative estimate of drug-likeness (QED) is 0.665. The molecule has 2 N–H and O–H groups in total. The Balaban J connectivity index is 0.000000531. The van der Waals surface area contributed by atoms with Gasteiger partial charge >= 0.3 is 0 Å². The van der Waals surface area contributed by atoms with E-state index in [1.807, 2.05) is 33.2 Å². The minimum Gasteiger partial charge on any atom is -0.398 e. The second-order valence-corrected chi connectivity index (χ2v) is 2.91. The molecule has 78 valence electrons. The van der Waals surface area contributed by atoms with Gasteiger partial charge in [-0.2, -0.15) is 10.4 Å². The van der Waals surface area contributed by atoms with Gasteiger partial charge in [-0.3, -0.25) is 4.68 Å². The summed E-state index contributed by atoms with van der Waals surface area (Å²) in [6.45, 7) is 4.00. The molecule has 0 fully saturated rings. The second-order valence-electron chi connectivity index (χ2n) is 2.91. The molecule has 0 spiro atoms. The van der Waals surface area contributed by atoms with Crippen molar-refractivity contribution in [3.05, 3.63) is 23.9 Å². The van der Waals surface area contributed by atoms with Gasteiger partial charge in [0.05, 0.1) is 16.8 Å². The van der Waals surface area contributed by atoms with Crippen molar-refractivity contribution in [3.8, 4) is 6.07 Å². The monoisotopic (exact) mass is 202 g/mol. The van der Waals surface area contributed by atoms with Crippen molar-refractivity contribution >= 4 is 16.6 Å². The maximum Gasteiger partial charge on any atom is 0.101 e. The van der Waals surface area contributed by atoms with Gasteiger partial charge in [0.15, 0.2) is 0 Å². The fourth-order valence-electron chi connectivity index (χ4n) is 1.31. The molecule has 0 unspecified atom stereocenters. The SMILES string of the molecule is CC.Cn1cc2cc(N)c(C#N)cc2n1. The number of anilines is 1. The van der Waals surface area contributed by atoms with Gasteiger partial charge < -0.3 is 5.73 Å². The van der Waals surface area contributed by atoms with Gasteiger partial charge in [-0.15, -0.1) is 0 Å². The summed E-state index contributed by atoms with van der Waals surface area (Å²) in [5, 5.41) is 13.9. The molecule has 1 aromatic heterocycles. The standard InChI is InChI=1S/C9H8N4.C2H6/c1-13-5-7-2-8(11)6(4-10)3-9(7)12-13;1-2/h2-3,5H,11H2,1H3;1-2H3. The summed E-state index contributed by atoms with van der Waals surface area (Å²) in [4.78, 5) is 0.